The topological polar surface area (TPSA) is 29.3 Å². The van der Waals surface area contributed by atoms with E-state index in [-0.39, 0.29) is 0 Å². The van der Waals surface area contributed by atoms with Crippen molar-refractivity contribution in [2.45, 2.75) is 26.9 Å². The molecule has 0 unspecified atom stereocenters. The maximum atomic E-state index is 5.72. The Bertz CT molecular complexity index is 520. The molecule has 0 fully saturated rings. The Hall–Kier alpha value is -1.80. The number of rotatable bonds is 5. The summed E-state index contributed by atoms with van der Waals surface area (Å²) in [7, 11) is 0. The lowest BCUT2D eigenvalue weighted by Gasteiger charge is -2.24. The van der Waals surface area contributed by atoms with Gasteiger partial charge in [0.1, 0.15) is 0 Å². The van der Waals surface area contributed by atoms with Crippen LogP contribution in [0.1, 0.15) is 23.6 Å². The van der Waals surface area contributed by atoms with Crippen molar-refractivity contribution < 1.29 is 0 Å². The molecule has 100 valence electrons. The van der Waals surface area contributed by atoms with Crippen molar-refractivity contribution in [1.29, 1.82) is 0 Å². The molecule has 0 radical (unpaired) electrons. The molecule has 0 saturated carbocycles. The zero-order valence-corrected chi connectivity index (χ0v) is 11.8. The smallest absolute Gasteiger partial charge is 0.0429 e. The number of hydrogen-bond acceptors (Lipinski definition) is 2. The summed E-state index contributed by atoms with van der Waals surface area (Å²) >= 11 is 0. The standard InChI is InChI=1S/C17H22N2/c1-3-19(13-15-7-5-4-6-8-15)17-10-9-16(12-18)14(2)11-17/h4-11H,3,12-13,18H2,1-2H3. The summed E-state index contributed by atoms with van der Waals surface area (Å²) in [5.74, 6) is 0. The quantitative estimate of drug-likeness (QED) is 0.885. The van der Waals surface area contributed by atoms with E-state index in [0.29, 0.717) is 6.54 Å². The summed E-state index contributed by atoms with van der Waals surface area (Å²) in [6.45, 7) is 6.86. The van der Waals surface area contributed by atoms with Crippen molar-refractivity contribution in [1.82, 2.24) is 0 Å². The first-order valence-corrected chi connectivity index (χ1v) is 6.83. The number of aryl methyl sites for hydroxylation is 1. The largest absolute Gasteiger partial charge is 0.367 e. The molecule has 2 aromatic carbocycles. The van der Waals surface area contributed by atoms with Crippen LogP contribution in [0.2, 0.25) is 0 Å². The summed E-state index contributed by atoms with van der Waals surface area (Å²) < 4.78 is 0. The van der Waals surface area contributed by atoms with Gasteiger partial charge in [0.15, 0.2) is 0 Å². The molecule has 2 heteroatoms. The Morgan fingerprint density at radius 2 is 1.79 bits per heavy atom. The van der Waals surface area contributed by atoms with E-state index < -0.39 is 0 Å². The van der Waals surface area contributed by atoms with Gasteiger partial charge in [-0.1, -0.05) is 36.4 Å². The molecule has 0 aliphatic rings. The van der Waals surface area contributed by atoms with E-state index in [1.165, 1.54) is 22.4 Å². The Kier molecular flexibility index (Phi) is 4.58. The van der Waals surface area contributed by atoms with E-state index in [9.17, 15) is 0 Å². The minimum absolute atomic E-state index is 0.608. The van der Waals surface area contributed by atoms with Crippen LogP contribution in [0.25, 0.3) is 0 Å². The molecule has 0 amide bonds. The molecular weight excluding hydrogens is 232 g/mol. The highest BCUT2D eigenvalue weighted by Crippen LogP contribution is 2.20. The molecule has 0 atom stereocenters. The first-order valence-electron chi connectivity index (χ1n) is 6.83. The molecule has 19 heavy (non-hydrogen) atoms. The highest BCUT2D eigenvalue weighted by molar-refractivity contribution is 5.51. The van der Waals surface area contributed by atoms with Gasteiger partial charge in [-0.15, -0.1) is 0 Å². The van der Waals surface area contributed by atoms with Crippen LogP contribution in [0.5, 0.6) is 0 Å². The number of nitrogens with zero attached hydrogens (tertiary/aromatic N) is 1. The minimum Gasteiger partial charge on any atom is -0.367 e. The average molecular weight is 254 g/mol. The lowest BCUT2D eigenvalue weighted by Crippen LogP contribution is -2.22. The van der Waals surface area contributed by atoms with Crippen LogP contribution >= 0.6 is 0 Å². The zero-order chi connectivity index (χ0) is 13.7. The van der Waals surface area contributed by atoms with Crippen LogP contribution in [0.4, 0.5) is 5.69 Å². The third-order valence-electron chi connectivity index (χ3n) is 3.51. The van der Waals surface area contributed by atoms with Crippen molar-refractivity contribution in [3.05, 3.63) is 65.2 Å². The van der Waals surface area contributed by atoms with Gasteiger partial charge >= 0.3 is 0 Å². The van der Waals surface area contributed by atoms with Gasteiger partial charge in [0, 0.05) is 25.3 Å². The van der Waals surface area contributed by atoms with Crippen molar-refractivity contribution in [2.75, 3.05) is 11.4 Å². The molecule has 2 rings (SSSR count). The molecular formula is C17H22N2. The van der Waals surface area contributed by atoms with Crippen molar-refractivity contribution in [2.24, 2.45) is 5.73 Å². The number of benzene rings is 2. The van der Waals surface area contributed by atoms with Crippen LogP contribution in [0.3, 0.4) is 0 Å². The Morgan fingerprint density at radius 3 is 2.37 bits per heavy atom. The molecule has 0 bridgehead atoms. The van der Waals surface area contributed by atoms with Crippen LogP contribution in [-0.4, -0.2) is 6.54 Å². The van der Waals surface area contributed by atoms with E-state index in [2.05, 4.69) is 67.3 Å². The fourth-order valence-corrected chi connectivity index (χ4v) is 2.30. The third kappa shape index (κ3) is 3.36. The molecule has 0 aliphatic carbocycles. The van der Waals surface area contributed by atoms with Crippen LogP contribution in [0, 0.1) is 6.92 Å². The molecule has 0 heterocycles. The summed E-state index contributed by atoms with van der Waals surface area (Å²) in [6.07, 6.45) is 0. The monoisotopic (exact) mass is 254 g/mol. The van der Waals surface area contributed by atoms with Gasteiger partial charge in [-0.05, 0) is 42.7 Å². The first-order chi connectivity index (χ1) is 9.24. The van der Waals surface area contributed by atoms with E-state index in [4.69, 9.17) is 5.73 Å². The fraction of sp³-hybridized carbons (Fsp3) is 0.294. The van der Waals surface area contributed by atoms with Crippen LogP contribution < -0.4 is 10.6 Å². The van der Waals surface area contributed by atoms with E-state index >= 15 is 0 Å². The Morgan fingerprint density at radius 1 is 1.05 bits per heavy atom. The number of hydrogen-bond donors (Lipinski definition) is 1. The highest BCUT2D eigenvalue weighted by Gasteiger charge is 2.06. The van der Waals surface area contributed by atoms with Crippen molar-refractivity contribution in [3.8, 4) is 0 Å². The summed E-state index contributed by atoms with van der Waals surface area (Å²) in [5, 5.41) is 0. The summed E-state index contributed by atoms with van der Waals surface area (Å²) in [4.78, 5) is 2.38. The number of anilines is 1. The molecule has 2 aromatic rings. The SMILES string of the molecule is CCN(Cc1ccccc1)c1ccc(CN)c(C)c1. The van der Waals surface area contributed by atoms with Gasteiger partial charge in [0.25, 0.3) is 0 Å². The summed E-state index contributed by atoms with van der Waals surface area (Å²) in [6, 6.07) is 17.1. The molecule has 0 spiro atoms. The zero-order valence-electron chi connectivity index (χ0n) is 11.8. The van der Waals surface area contributed by atoms with Crippen molar-refractivity contribution in [3.63, 3.8) is 0 Å². The lowest BCUT2D eigenvalue weighted by atomic mass is 10.1. The van der Waals surface area contributed by atoms with Gasteiger partial charge < -0.3 is 10.6 Å². The van der Waals surface area contributed by atoms with Crippen molar-refractivity contribution >= 4 is 5.69 Å². The second-order valence-electron chi connectivity index (χ2n) is 4.81. The number of nitrogens with two attached hydrogens (primary N) is 1. The van der Waals surface area contributed by atoms with E-state index in [0.717, 1.165) is 13.1 Å². The van der Waals surface area contributed by atoms with Gasteiger partial charge in [0.05, 0.1) is 0 Å². The summed E-state index contributed by atoms with van der Waals surface area (Å²) in [5.41, 5.74) is 10.8. The predicted molar refractivity (Wildman–Crippen MR) is 82.2 cm³/mol. The minimum atomic E-state index is 0.608. The Balaban J connectivity index is 2.20. The normalized spacial score (nSPS) is 10.5. The van der Waals surface area contributed by atoms with Gasteiger partial charge in [-0.3, -0.25) is 0 Å². The average Bonchev–Trinajstić information content (AvgIpc) is 2.46. The highest BCUT2D eigenvalue weighted by atomic mass is 15.1. The molecule has 0 aromatic heterocycles. The van der Waals surface area contributed by atoms with E-state index in [1.807, 2.05) is 0 Å². The van der Waals surface area contributed by atoms with Gasteiger partial charge in [-0.2, -0.15) is 0 Å². The fourth-order valence-electron chi connectivity index (χ4n) is 2.30. The lowest BCUT2D eigenvalue weighted by molar-refractivity contribution is 0.830. The van der Waals surface area contributed by atoms with Gasteiger partial charge in [0.2, 0.25) is 0 Å². The third-order valence-corrected chi connectivity index (χ3v) is 3.51. The predicted octanol–water partition coefficient (Wildman–Crippen LogP) is 3.48. The van der Waals surface area contributed by atoms with Crippen LogP contribution in [0.15, 0.2) is 48.5 Å². The molecule has 2 N–H and O–H groups in total. The second-order valence-corrected chi connectivity index (χ2v) is 4.81. The molecule has 0 saturated heterocycles. The molecule has 0 aliphatic heterocycles. The first kappa shape index (κ1) is 13.6. The maximum absolute atomic E-state index is 5.72. The second kappa shape index (κ2) is 6.39. The Labute approximate surface area is 115 Å². The maximum Gasteiger partial charge on any atom is 0.0429 e. The van der Waals surface area contributed by atoms with Crippen LogP contribution in [-0.2, 0) is 13.1 Å². The molecule has 2 nitrogen and oxygen atoms in total. The van der Waals surface area contributed by atoms with E-state index in [1.54, 1.807) is 0 Å². The van der Waals surface area contributed by atoms with Gasteiger partial charge in [-0.25, -0.2) is 0 Å².